The highest BCUT2D eigenvalue weighted by Crippen LogP contribution is 2.59. The van der Waals surface area contributed by atoms with E-state index in [4.69, 9.17) is 4.43 Å². The number of hydrogen-bond acceptors (Lipinski definition) is 2. The third-order valence-electron chi connectivity index (χ3n) is 6.83. The monoisotopic (exact) mass is 342 g/mol. The minimum absolute atomic E-state index is 0.0143. The molecule has 2 fully saturated rings. The van der Waals surface area contributed by atoms with Crippen molar-refractivity contribution in [3.63, 3.8) is 0 Å². The first kappa shape index (κ1) is 16.4. The van der Waals surface area contributed by atoms with Crippen LogP contribution in [0.4, 0.5) is 0 Å². The first-order valence-electron chi connectivity index (χ1n) is 9.63. The molecule has 2 nitrogen and oxygen atoms in total. The number of Topliss-reactive ketones (excluding diaryl/α,β-unsaturated/α-hetero) is 1. The van der Waals surface area contributed by atoms with Gasteiger partial charge >= 0.3 is 0 Å². The van der Waals surface area contributed by atoms with Gasteiger partial charge in [0.25, 0.3) is 0 Å². The van der Waals surface area contributed by atoms with E-state index in [1.807, 2.05) is 0 Å². The molecule has 130 valence electrons. The Hall–Kier alpha value is -1.09. The molecule has 1 aromatic rings. The molecule has 0 aromatic heterocycles. The lowest BCUT2D eigenvalue weighted by molar-refractivity contribution is -0.129. The van der Waals surface area contributed by atoms with E-state index in [0.717, 1.165) is 31.4 Å². The van der Waals surface area contributed by atoms with Crippen molar-refractivity contribution in [1.82, 2.24) is 0 Å². The summed E-state index contributed by atoms with van der Waals surface area (Å²) in [6.07, 6.45) is 6.62. The summed E-state index contributed by atoms with van der Waals surface area (Å²) in [6.45, 7) is 8.97. The second-order valence-corrected chi connectivity index (χ2v) is 13.8. The molecule has 0 heterocycles. The normalized spacial score (nSPS) is 35.2. The van der Waals surface area contributed by atoms with E-state index in [0.29, 0.717) is 23.5 Å². The third-order valence-corrected chi connectivity index (χ3v) is 7.68. The molecular weight excluding hydrogens is 312 g/mol. The molecular formula is C21H30O2Si. The molecule has 3 aliphatic rings. The number of carbonyl (C=O) groups excluding carboxylic acids is 1. The fourth-order valence-electron chi connectivity index (χ4n) is 5.75. The van der Waals surface area contributed by atoms with Gasteiger partial charge in [-0.3, -0.25) is 4.79 Å². The van der Waals surface area contributed by atoms with Crippen molar-refractivity contribution in [2.24, 2.45) is 17.3 Å². The Kier molecular flexibility index (Phi) is 3.72. The molecule has 0 unspecified atom stereocenters. The third kappa shape index (κ3) is 2.56. The van der Waals surface area contributed by atoms with Crippen LogP contribution in [0.1, 0.15) is 56.1 Å². The quantitative estimate of drug-likeness (QED) is 0.679. The van der Waals surface area contributed by atoms with Crippen molar-refractivity contribution in [3.05, 3.63) is 29.3 Å². The maximum Gasteiger partial charge on any atom is 0.242 e. The van der Waals surface area contributed by atoms with Crippen molar-refractivity contribution >= 4 is 14.1 Å². The van der Waals surface area contributed by atoms with E-state index in [1.165, 1.54) is 18.4 Å². The zero-order valence-electron chi connectivity index (χ0n) is 15.5. The summed E-state index contributed by atoms with van der Waals surface area (Å²) in [5, 5.41) is 0. The highest BCUT2D eigenvalue weighted by Gasteiger charge is 2.54. The van der Waals surface area contributed by atoms with E-state index < -0.39 is 8.32 Å². The second-order valence-electron chi connectivity index (χ2n) is 9.41. The van der Waals surface area contributed by atoms with Gasteiger partial charge in [0.1, 0.15) is 11.5 Å². The van der Waals surface area contributed by atoms with E-state index in [1.54, 1.807) is 5.56 Å². The van der Waals surface area contributed by atoms with Crippen molar-refractivity contribution < 1.29 is 9.22 Å². The molecule has 0 spiro atoms. The number of fused-ring (bicyclic) bond motifs is 5. The second kappa shape index (κ2) is 5.45. The maximum atomic E-state index is 12.4. The lowest BCUT2D eigenvalue weighted by Gasteiger charge is -2.48. The van der Waals surface area contributed by atoms with Crippen LogP contribution in [-0.2, 0) is 11.2 Å². The maximum absolute atomic E-state index is 12.4. The van der Waals surface area contributed by atoms with Crippen LogP contribution in [0, 0.1) is 17.3 Å². The summed E-state index contributed by atoms with van der Waals surface area (Å²) < 4.78 is 6.20. The van der Waals surface area contributed by atoms with Gasteiger partial charge in [0, 0.05) is 11.8 Å². The van der Waals surface area contributed by atoms with Crippen LogP contribution in [0.3, 0.4) is 0 Å². The molecule has 1 aromatic carbocycles. The van der Waals surface area contributed by atoms with Gasteiger partial charge < -0.3 is 4.43 Å². The Labute approximate surface area is 147 Å². The van der Waals surface area contributed by atoms with E-state index in [9.17, 15) is 4.79 Å². The molecule has 2 saturated carbocycles. The molecule has 3 aliphatic carbocycles. The first-order chi connectivity index (χ1) is 11.3. The molecule has 3 heteroatoms. The standard InChI is InChI=1S/C21H30O2Si/c1-21-12-11-17-16-8-6-15(23-24(2,3)4)13-14(16)5-7-18(17)19(21)9-10-20(21)22/h6,8,13,17-19H,5,7,9-12H2,1-4H3/t17-,18-,19+,21+/m1/s1. The SMILES string of the molecule is C[C@]12CC[C@@H]3c4ccc(O[Si](C)(C)C)cc4CC[C@H]3[C@@H]1CCC2=O. The van der Waals surface area contributed by atoms with Crippen LogP contribution in [0.2, 0.25) is 19.6 Å². The minimum atomic E-state index is -1.55. The van der Waals surface area contributed by atoms with Gasteiger partial charge in [-0.05, 0) is 92.8 Å². The zero-order valence-corrected chi connectivity index (χ0v) is 16.5. The number of hydrogen-bond donors (Lipinski definition) is 0. The Morgan fingerprint density at radius 1 is 1.12 bits per heavy atom. The molecule has 0 aliphatic heterocycles. The van der Waals surface area contributed by atoms with Gasteiger partial charge in [0.15, 0.2) is 0 Å². The topological polar surface area (TPSA) is 26.3 Å². The summed E-state index contributed by atoms with van der Waals surface area (Å²) in [5.41, 5.74) is 3.04. The molecule has 4 rings (SSSR count). The molecule has 24 heavy (non-hydrogen) atoms. The van der Waals surface area contributed by atoms with Gasteiger partial charge in [0.2, 0.25) is 8.32 Å². The van der Waals surface area contributed by atoms with E-state index in [-0.39, 0.29) is 5.41 Å². The van der Waals surface area contributed by atoms with Gasteiger partial charge in [0.05, 0.1) is 0 Å². The summed E-state index contributed by atoms with van der Waals surface area (Å²) in [5.74, 6) is 3.60. The predicted octanol–water partition coefficient (Wildman–Crippen LogP) is 5.33. The van der Waals surface area contributed by atoms with Crippen molar-refractivity contribution in [2.45, 2.75) is 71.0 Å². The van der Waals surface area contributed by atoms with Crippen LogP contribution in [0.5, 0.6) is 5.75 Å². The molecule has 4 atom stereocenters. The fourth-order valence-corrected chi connectivity index (χ4v) is 6.58. The largest absolute Gasteiger partial charge is 0.544 e. The van der Waals surface area contributed by atoms with Crippen LogP contribution in [0.15, 0.2) is 18.2 Å². The highest BCUT2D eigenvalue weighted by molar-refractivity contribution is 6.70. The molecule has 0 N–H and O–H groups in total. The molecule has 0 saturated heterocycles. The summed E-state index contributed by atoms with van der Waals surface area (Å²) in [7, 11) is -1.55. The number of ketones is 1. The predicted molar refractivity (Wildman–Crippen MR) is 100 cm³/mol. The number of benzene rings is 1. The Bertz CT molecular complexity index is 675. The van der Waals surface area contributed by atoms with Crippen molar-refractivity contribution in [2.75, 3.05) is 0 Å². The summed E-state index contributed by atoms with van der Waals surface area (Å²) in [6, 6.07) is 6.82. The average Bonchev–Trinajstić information content (AvgIpc) is 2.81. The van der Waals surface area contributed by atoms with Gasteiger partial charge in [-0.15, -0.1) is 0 Å². The number of rotatable bonds is 2. The van der Waals surface area contributed by atoms with E-state index in [2.05, 4.69) is 44.8 Å². The Balaban J connectivity index is 1.62. The van der Waals surface area contributed by atoms with Crippen molar-refractivity contribution in [1.29, 1.82) is 0 Å². The van der Waals surface area contributed by atoms with E-state index >= 15 is 0 Å². The smallest absolute Gasteiger partial charge is 0.242 e. The Morgan fingerprint density at radius 2 is 1.92 bits per heavy atom. The summed E-state index contributed by atoms with van der Waals surface area (Å²) >= 11 is 0. The summed E-state index contributed by atoms with van der Waals surface area (Å²) in [4.78, 5) is 12.4. The van der Waals surface area contributed by atoms with Crippen LogP contribution in [-0.4, -0.2) is 14.1 Å². The van der Waals surface area contributed by atoms with Crippen molar-refractivity contribution in [3.8, 4) is 5.75 Å². The van der Waals surface area contributed by atoms with Gasteiger partial charge in [-0.2, -0.15) is 0 Å². The molecule has 0 bridgehead atoms. The first-order valence-corrected chi connectivity index (χ1v) is 13.0. The number of carbonyl (C=O) groups is 1. The lowest BCUT2D eigenvalue weighted by Crippen LogP contribution is -2.42. The molecule has 0 amide bonds. The average molecular weight is 343 g/mol. The van der Waals surface area contributed by atoms with Crippen LogP contribution < -0.4 is 4.43 Å². The highest BCUT2D eigenvalue weighted by atomic mass is 28.4. The van der Waals surface area contributed by atoms with Gasteiger partial charge in [-0.1, -0.05) is 13.0 Å². The Morgan fingerprint density at radius 3 is 2.67 bits per heavy atom. The lowest BCUT2D eigenvalue weighted by atomic mass is 9.55. The van der Waals surface area contributed by atoms with Crippen LogP contribution in [0.25, 0.3) is 0 Å². The number of aryl methyl sites for hydroxylation is 1. The zero-order chi connectivity index (χ0) is 17.1. The molecule has 0 radical (unpaired) electrons. The fraction of sp³-hybridized carbons (Fsp3) is 0.667. The van der Waals surface area contributed by atoms with Crippen LogP contribution >= 0.6 is 0 Å². The van der Waals surface area contributed by atoms with Gasteiger partial charge in [-0.25, -0.2) is 0 Å². The minimum Gasteiger partial charge on any atom is -0.544 e.